The largest absolute Gasteiger partial charge is 0.228 e. The van der Waals surface area contributed by atoms with Crippen molar-refractivity contribution in [1.82, 2.24) is 9.97 Å². The minimum absolute atomic E-state index is 0.698. The van der Waals surface area contributed by atoms with E-state index in [4.69, 9.17) is 21.6 Å². The number of fused-ring (bicyclic) bond motifs is 2. The van der Waals surface area contributed by atoms with Gasteiger partial charge in [0.2, 0.25) is 0 Å². The van der Waals surface area contributed by atoms with Crippen LogP contribution in [0.5, 0.6) is 0 Å². The Morgan fingerprint density at radius 3 is 1.92 bits per heavy atom. The molecular weight excluding hydrogens is 496 g/mol. The molecule has 7 rings (SSSR count). The summed E-state index contributed by atoms with van der Waals surface area (Å²) in [4.78, 5) is 10.2. The molecule has 0 radical (unpaired) electrons. The first-order valence-corrected chi connectivity index (χ1v) is 13.3. The summed E-state index contributed by atoms with van der Waals surface area (Å²) in [6.07, 6.45) is 0. The topological polar surface area (TPSA) is 25.8 Å². The van der Waals surface area contributed by atoms with Crippen LogP contribution in [0.25, 0.3) is 66.6 Å². The first-order chi connectivity index (χ1) is 19.2. The molecule has 0 spiro atoms. The van der Waals surface area contributed by atoms with Crippen molar-refractivity contribution in [3.8, 4) is 45.0 Å². The molecule has 0 fully saturated rings. The first kappa shape index (κ1) is 23.3. The van der Waals surface area contributed by atoms with Crippen molar-refractivity contribution < 1.29 is 0 Å². The maximum absolute atomic E-state index is 6.64. The minimum Gasteiger partial charge on any atom is -0.228 e. The van der Waals surface area contributed by atoms with Crippen molar-refractivity contribution in [2.24, 2.45) is 0 Å². The summed E-state index contributed by atoms with van der Waals surface area (Å²) in [7, 11) is 0. The number of halogens is 1. The zero-order valence-corrected chi connectivity index (χ0v) is 21.8. The van der Waals surface area contributed by atoms with Crippen molar-refractivity contribution in [2.45, 2.75) is 0 Å². The Balaban J connectivity index is 1.50. The van der Waals surface area contributed by atoms with Gasteiger partial charge in [-0.25, -0.2) is 9.97 Å². The Bertz CT molecular complexity index is 1980. The second-order valence-electron chi connectivity index (χ2n) is 9.61. The van der Waals surface area contributed by atoms with Gasteiger partial charge in [-0.1, -0.05) is 121 Å². The van der Waals surface area contributed by atoms with Gasteiger partial charge in [-0.05, 0) is 57.4 Å². The van der Waals surface area contributed by atoms with Gasteiger partial charge in [-0.2, -0.15) is 0 Å². The van der Waals surface area contributed by atoms with E-state index in [1.54, 1.807) is 0 Å². The fraction of sp³-hybridized carbons (Fsp3) is 0. The monoisotopic (exact) mass is 518 g/mol. The highest BCUT2D eigenvalue weighted by Gasteiger charge is 2.15. The molecule has 1 heterocycles. The van der Waals surface area contributed by atoms with Gasteiger partial charge < -0.3 is 0 Å². The molecule has 0 aliphatic carbocycles. The predicted molar refractivity (Wildman–Crippen MR) is 164 cm³/mol. The third-order valence-corrected chi connectivity index (χ3v) is 7.46. The van der Waals surface area contributed by atoms with Gasteiger partial charge in [0.25, 0.3) is 0 Å². The Labute approximate surface area is 232 Å². The number of hydrogen-bond donors (Lipinski definition) is 0. The standard InChI is InChI=1S/C36H23ClN2/c37-33-17-9-8-16-31(33)29-21-27-14-6-7-15-30(27)32(22-29)35-23-34(25-11-2-1-3-12-25)38-36(39-35)28-19-18-24-10-4-5-13-26(24)20-28/h1-23H. The van der Waals surface area contributed by atoms with Gasteiger partial charge in [-0.15, -0.1) is 0 Å². The molecular formula is C36H23ClN2. The van der Waals surface area contributed by atoms with Crippen LogP contribution >= 0.6 is 11.6 Å². The summed E-state index contributed by atoms with van der Waals surface area (Å²) in [6, 6.07) is 48.0. The molecule has 184 valence electrons. The lowest BCUT2D eigenvalue weighted by Gasteiger charge is -2.14. The summed E-state index contributed by atoms with van der Waals surface area (Å²) in [6.45, 7) is 0. The summed E-state index contributed by atoms with van der Waals surface area (Å²) >= 11 is 6.64. The van der Waals surface area contributed by atoms with Crippen LogP contribution in [-0.2, 0) is 0 Å². The van der Waals surface area contributed by atoms with Crippen LogP contribution in [0.3, 0.4) is 0 Å². The van der Waals surface area contributed by atoms with Crippen LogP contribution in [0.15, 0.2) is 140 Å². The second kappa shape index (κ2) is 9.83. The van der Waals surface area contributed by atoms with Crippen LogP contribution in [-0.4, -0.2) is 9.97 Å². The molecule has 0 bridgehead atoms. The molecule has 0 unspecified atom stereocenters. The summed E-state index contributed by atoms with van der Waals surface area (Å²) < 4.78 is 0. The highest BCUT2D eigenvalue weighted by atomic mass is 35.5. The van der Waals surface area contributed by atoms with E-state index in [-0.39, 0.29) is 0 Å². The molecule has 0 amide bonds. The quantitative estimate of drug-likeness (QED) is 0.231. The first-order valence-electron chi connectivity index (χ1n) is 12.9. The van der Waals surface area contributed by atoms with E-state index in [0.717, 1.165) is 60.4 Å². The van der Waals surface area contributed by atoms with E-state index in [2.05, 4.69) is 103 Å². The third kappa shape index (κ3) is 4.46. The Kier molecular flexibility index (Phi) is 5.88. The van der Waals surface area contributed by atoms with E-state index in [9.17, 15) is 0 Å². The van der Waals surface area contributed by atoms with E-state index < -0.39 is 0 Å². The lowest BCUT2D eigenvalue weighted by Crippen LogP contribution is -1.97. The SMILES string of the molecule is Clc1ccccc1-c1cc(-c2cc(-c3ccccc3)nc(-c3ccc4ccccc4c3)n2)c2ccccc2c1. The maximum Gasteiger partial charge on any atom is 0.160 e. The van der Waals surface area contributed by atoms with Gasteiger partial charge in [0.05, 0.1) is 11.4 Å². The highest BCUT2D eigenvalue weighted by molar-refractivity contribution is 6.33. The molecule has 0 saturated carbocycles. The predicted octanol–water partition coefficient (Wildman–Crippen LogP) is 10.1. The minimum atomic E-state index is 0.698. The van der Waals surface area contributed by atoms with Gasteiger partial charge in [0.1, 0.15) is 0 Å². The van der Waals surface area contributed by atoms with E-state index in [1.165, 1.54) is 5.39 Å². The number of nitrogens with zero attached hydrogens (tertiary/aromatic N) is 2. The van der Waals surface area contributed by atoms with Crippen molar-refractivity contribution in [2.75, 3.05) is 0 Å². The van der Waals surface area contributed by atoms with E-state index >= 15 is 0 Å². The fourth-order valence-electron chi connectivity index (χ4n) is 5.17. The third-order valence-electron chi connectivity index (χ3n) is 7.13. The Hall–Kier alpha value is -4.79. The van der Waals surface area contributed by atoms with Crippen LogP contribution in [0.4, 0.5) is 0 Å². The van der Waals surface area contributed by atoms with E-state index in [0.29, 0.717) is 5.82 Å². The molecule has 0 aliphatic heterocycles. The molecule has 0 atom stereocenters. The lowest BCUT2D eigenvalue weighted by atomic mass is 9.94. The van der Waals surface area contributed by atoms with Crippen LogP contribution < -0.4 is 0 Å². The lowest BCUT2D eigenvalue weighted by molar-refractivity contribution is 1.19. The fourth-order valence-corrected chi connectivity index (χ4v) is 5.42. The second-order valence-corrected chi connectivity index (χ2v) is 10.0. The Morgan fingerprint density at radius 2 is 1.08 bits per heavy atom. The van der Waals surface area contributed by atoms with Crippen molar-refractivity contribution >= 4 is 33.1 Å². The zero-order valence-electron chi connectivity index (χ0n) is 21.1. The van der Waals surface area contributed by atoms with Crippen LogP contribution in [0, 0.1) is 0 Å². The number of benzene rings is 6. The van der Waals surface area contributed by atoms with Gasteiger partial charge in [0, 0.05) is 27.3 Å². The summed E-state index contributed by atoms with van der Waals surface area (Å²) in [5.74, 6) is 0.698. The maximum atomic E-state index is 6.64. The van der Waals surface area contributed by atoms with Crippen molar-refractivity contribution in [3.63, 3.8) is 0 Å². The van der Waals surface area contributed by atoms with Crippen LogP contribution in [0.2, 0.25) is 5.02 Å². The number of rotatable bonds is 4. The van der Waals surface area contributed by atoms with Crippen LogP contribution in [0.1, 0.15) is 0 Å². The molecule has 7 aromatic rings. The molecule has 0 aliphatic rings. The molecule has 0 saturated heterocycles. The molecule has 6 aromatic carbocycles. The smallest absolute Gasteiger partial charge is 0.160 e. The molecule has 1 aromatic heterocycles. The molecule has 39 heavy (non-hydrogen) atoms. The summed E-state index contributed by atoms with van der Waals surface area (Å²) in [5, 5.41) is 5.35. The number of hydrogen-bond acceptors (Lipinski definition) is 2. The average molecular weight is 519 g/mol. The average Bonchev–Trinajstić information content (AvgIpc) is 3.00. The van der Waals surface area contributed by atoms with Crippen molar-refractivity contribution in [3.05, 3.63) is 145 Å². The van der Waals surface area contributed by atoms with Gasteiger partial charge >= 0.3 is 0 Å². The Morgan fingerprint density at radius 1 is 0.410 bits per heavy atom. The van der Waals surface area contributed by atoms with Gasteiger partial charge in [0.15, 0.2) is 5.82 Å². The molecule has 2 nitrogen and oxygen atoms in total. The summed E-state index contributed by atoms with van der Waals surface area (Å²) in [5.41, 5.74) is 6.89. The van der Waals surface area contributed by atoms with Crippen molar-refractivity contribution in [1.29, 1.82) is 0 Å². The van der Waals surface area contributed by atoms with E-state index in [1.807, 2.05) is 36.4 Å². The van der Waals surface area contributed by atoms with Gasteiger partial charge in [-0.3, -0.25) is 0 Å². The zero-order chi connectivity index (χ0) is 26.2. The number of aromatic nitrogens is 2. The normalized spacial score (nSPS) is 11.2. The molecule has 0 N–H and O–H groups in total. The molecule has 3 heteroatoms. The highest BCUT2D eigenvalue weighted by Crippen LogP contribution is 2.37.